The molecular formula is C11H16FNO2P-. The molecule has 0 saturated carbocycles. The van der Waals surface area contributed by atoms with E-state index in [1.54, 1.807) is 12.1 Å². The molecular weight excluding hydrogens is 228 g/mol. The lowest BCUT2D eigenvalue weighted by Crippen LogP contribution is -2.15. The van der Waals surface area contributed by atoms with Gasteiger partial charge < -0.3 is 9.98 Å². The van der Waals surface area contributed by atoms with Gasteiger partial charge in [-0.1, -0.05) is 32.9 Å². The van der Waals surface area contributed by atoms with Gasteiger partial charge in [0.2, 0.25) is 0 Å². The molecule has 5 heteroatoms. The summed E-state index contributed by atoms with van der Waals surface area (Å²) in [6.07, 6.45) is 0.975. The molecule has 0 fully saturated rings. The topological polar surface area (TPSA) is 52.2 Å². The van der Waals surface area contributed by atoms with Gasteiger partial charge >= 0.3 is 0 Å². The molecule has 0 heterocycles. The van der Waals surface area contributed by atoms with Gasteiger partial charge in [0.1, 0.15) is 0 Å². The van der Waals surface area contributed by atoms with E-state index in [0.29, 0.717) is 0 Å². The Morgan fingerprint density at radius 2 is 1.88 bits per heavy atom. The average molecular weight is 244 g/mol. The summed E-state index contributed by atoms with van der Waals surface area (Å²) in [7, 11) is -4.95. The van der Waals surface area contributed by atoms with Crippen LogP contribution in [0.1, 0.15) is 32.8 Å². The van der Waals surface area contributed by atoms with Gasteiger partial charge in [0.15, 0.2) is 0 Å². The minimum absolute atomic E-state index is 0.0371. The Morgan fingerprint density at radius 1 is 1.38 bits per heavy atom. The highest BCUT2D eigenvalue weighted by atomic mass is 31.2. The molecule has 16 heavy (non-hydrogen) atoms. The molecule has 0 radical (unpaired) electrons. The van der Waals surface area contributed by atoms with Crippen molar-refractivity contribution in [1.82, 2.24) is 0 Å². The molecule has 1 rings (SSSR count). The van der Waals surface area contributed by atoms with Crippen molar-refractivity contribution in [2.24, 2.45) is 0 Å². The smallest absolute Gasteiger partial charge is 0.271 e. The number of hydrogen-bond acceptors (Lipinski definition) is 2. The van der Waals surface area contributed by atoms with Crippen LogP contribution in [0.2, 0.25) is 0 Å². The molecule has 3 nitrogen and oxygen atoms in total. The third-order valence-corrected chi connectivity index (χ3v) is 3.34. The van der Waals surface area contributed by atoms with E-state index in [-0.39, 0.29) is 11.1 Å². The molecule has 1 unspecified atom stereocenters. The first-order chi connectivity index (χ1) is 7.24. The van der Waals surface area contributed by atoms with E-state index in [9.17, 15) is 13.7 Å². The van der Waals surface area contributed by atoms with Gasteiger partial charge in [-0.3, -0.25) is 4.57 Å². The van der Waals surface area contributed by atoms with Gasteiger partial charge in [-0.25, -0.2) is 0 Å². The van der Waals surface area contributed by atoms with Crippen molar-refractivity contribution in [3.8, 4) is 0 Å². The van der Waals surface area contributed by atoms with Crippen LogP contribution in [0.25, 0.3) is 0 Å². The summed E-state index contributed by atoms with van der Waals surface area (Å²) < 4.78 is 22.8. The maximum atomic E-state index is 12.4. The first-order valence-corrected chi connectivity index (χ1v) is 6.66. The Bertz CT molecular complexity index is 397. The molecule has 0 spiro atoms. The zero-order chi connectivity index (χ0) is 12.4. The molecule has 0 saturated heterocycles. The van der Waals surface area contributed by atoms with Gasteiger partial charge in [0, 0.05) is 5.69 Å². The number of rotatable bonds is 4. The van der Waals surface area contributed by atoms with Gasteiger partial charge in [-0.2, -0.15) is 4.20 Å². The fourth-order valence-corrected chi connectivity index (χ4v) is 1.81. The van der Waals surface area contributed by atoms with Crippen molar-refractivity contribution in [3.05, 3.63) is 29.8 Å². The average Bonchev–Trinajstić information content (AvgIpc) is 2.16. The Balaban J connectivity index is 2.88. The van der Waals surface area contributed by atoms with Crippen LogP contribution >= 0.6 is 7.83 Å². The van der Waals surface area contributed by atoms with Crippen molar-refractivity contribution in [2.45, 2.75) is 32.6 Å². The van der Waals surface area contributed by atoms with Gasteiger partial charge in [0.05, 0.1) is 0 Å². The van der Waals surface area contributed by atoms with Crippen LogP contribution in [0, 0.1) is 0 Å². The van der Waals surface area contributed by atoms with Gasteiger partial charge in [0.25, 0.3) is 7.83 Å². The Morgan fingerprint density at radius 3 is 2.25 bits per heavy atom. The second-order valence-corrected chi connectivity index (χ2v) is 5.59. The molecule has 0 amide bonds. The second-order valence-electron chi connectivity index (χ2n) is 4.41. The highest BCUT2D eigenvalue weighted by Gasteiger charge is 2.17. The van der Waals surface area contributed by atoms with Crippen molar-refractivity contribution < 1.29 is 13.7 Å². The van der Waals surface area contributed by atoms with Crippen molar-refractivity contribution in [2.75, 3.05) is 5.09 Å². The molecule has 0 bridgehead atoms. The molecule has 0 aromatic heterocycles. The van der Waals surface area contributed by atoms with E-state index in [4.69, 9.17) is 0 Å². The lowest BCUT2D eigenvalue weighted by Gasteiger charge is -2.24. The number of hydrogen-bond donors (Lipinski definition) is 1. The Hall–Kier alpha value is -0.860. The van der Waals surface area contributed by atoms with Crippen molar-refractivity contribution in [1.29, 1.82) is 0 Å². The van der Waals surface area contributed by atoms with Crippen LogP contribution in [0.5, 0.6) is 0 Å². The molecule has 90 valence electrons. The summed E-state index contributed by atoms with van der Waals surface area (Å²) in [5, 5.41) is 1.81. The van der Waals surface area contributed by atoms with Crippen LogP contribution < -0.4 is 9.98 Å². The van der Waals surface area contributed by atoms with Gasteiger partial charge in [-0.15, -0.1) is 0 Å². The molecule has 1 aromatic carbocycles. The summed E-state index contributed by atoms with van der Waals surface area (Å²) in [4.78, 5) is 10.4. The largest absolute Gasteiger partial charge is 0.758 e. The second kappa shape index (κ2) is 4.56. The van der Waals surface area contributed by atoms with Crippen LogP contribution in [-0.4, -0.2) is 0 Å². The lowest BCUT2D eigenvalue weighted by molar-refractivity contribution is -0.184. The fourth-order valence-electron chi connectivity index (χ4n) is 1.35. The summed E-state index contributed by atoms with van der Waals surface area (Å²) >= 11 is 0. The predicted molar refractivity (Wildman–Crippen MR) is 62.1 cm³/mol. The normalized spacial score (nSPS) is 15.6. The van der Waals surface area contributed by atoms with Crippen molar-refractivity contribution in [3.63, 3.8) is 0 Å². The van der Waals surface area contributed by atoms with Gasteiger partial charge in [-0.05, 0) is 29.5 Å². The number of nitrogens with one attached hydrogen (secondary N) is 1. The summed E-state index contributed by atoms with van der Waals surface area (Å²) in [6, 6.07) is 6.75. The van der Waals surface area contributed by atoms with E-state index >= 15 is 0 Å². The number of benzene rings is 1. The minimum atomic E-state index is -4.95. The standard InChI is InChI=1S/C11H17FNO2P/c1-4-11(2,3)9-5-7-10(8-6-9)13-16(12,14)15/h5-8H,4H2,1-3H3,(H2,13,14,15)/p-1. The zero-order valence-electron chi connectivity index (χ0n) is 9.66. The van der Waals surface area contributed by atoms with E-state index in [2.05, 4.69) is 20.8 Å². The Labute approximate surface area is 95.3 Å². The molecule has 1 N–H and O–H groups in total. The molecule has 0 aliphatic carbocycles. The third-order valence-electron chi connectivity index (χ3n) is 2.81. The highest BCUT2D eigenvalue weighted by molar-refractivity contribution is 7.52. The van der Waals surface area contributed by atoms with E-state index in [1.165, 1.54) is 0 Å². The monoisotopic (exact) mass is 244 g/mol. The lowest BCUT2D eigenvalue weighted by atomic mass is 9.82. The maximum absolute atomic E-state index is 12.4. The SMILES string of the molecule is CCC(C)(C)c1ccc(NP(=O)([O-])F)cc1. The quantitative estimate of drug-likeness (QED) is 0.827. The molecule has 0 aliphatic rings. The van der Waals surface area contributed by atoms with E-state index < -0.39 is 7.83 Å². The predicted octanol–water partition coefficient (Wildman–Crippen LogP) is 3.22. The molecule has 1 aromatic rings. The first kappa shape index (κ1) is 13.2. The van der Waals surface area contributed by atoms with Crippen LogP contribution in [0.3, 0.4) is 0 Å². The zero-order valence-corrected chi connectivity index (χ0v) is 10.6. The highest BCUT2D eigenvalue weighted by Crippen LogP contribution is 2.37. The first-order valence-electron chi connectivity index (χ1n) is 5.14. The van der Waals surface area contributed by atoms with Crippen LogP contribution in [-0.2, 0) is 9.98 Å². The maximum Gasteiger partial charge on any atom is 0.271 e. The fraction of sp³-hybridized carbons (Fsp3) is 0.455. The summed E-state index contributed by atoms with van der Waals surface area (Å²) in [6.45, 7) is 6.28. The third kappa shape index (κ3) is 3.62. The summed E-state index contributed by atoms with van der Waals surface area (Å²) in [5.41, 5.74) is 1.38. The summed E-state index contributed by atoms with van der Waals surface area (Å²) in [5.74, 6) is 0. The number of halogens is 1. The Kier molecular flexibility index (Phi) is 3.76. The molecule has 0 aliphatic heterocycles. The van der Waals surface area contributed by atoms with Crippen molar-refractivity contribution >= 4 is 13.5 Å². The minimum Gasteiger partial charge on any atom is -0.758 e. The van der Waals surface area contributed by atoms with Crippen LogP contribution in [0.4, 0.5) is 9.88 Å². The van der Waals surface area contributed by atoms with E-state index in [1.807, 2.05) is 17.2 Å². The number of anilines is 1. The molecule has 1 atom stereocenters. The van der Waals surface area contributed by atoms with E-state index in [0.717, 1.165) is 12.0 Å². The van der Waals surface area contributed by atoms with Crippen LogP contribution in [0.15, 0.2) is 24.3 Å².